The molecule has 0 saturated carbocycles. The van der Waals surface area contributed by atoms with Gasteiger partial charge in [0.15, 0.2) is 0 Å². The first-order valence-corrected chi connectivity index (χ1v) is 5.27. The first-order valence-electron chi connectivity index (χ1n) is 5.27. The number of rotatable bonds is 5. The van der Waals surface area contributed by atoms with Crippen molar-refractivity contribution in [3.05, 3.63) is 35.9 Å². The van der Waals surface area contributed by atoms with E-state index in [0.717, 1.165) is 5.56 Å². The zero-order chi connectivity index (χ0) is 12.5. The topological polar surface area (TPSA) is 96.2 Å². The average molecular weight is 236 g/mol. The number of amides is 4. The molecule has 1 aromatic carbocycles. The molecule has 0 aliphatic carbocycles. The van der Waals surface area contributed by atoms with E-state index in [1.54, 1.807) is 0 Å². The van der Waals surface area contributed by atoms with E-state index in [-0.39, 0.29) is 6.03 Å². The Bertz CT molecular complexity index is 367. The molecule has 0 heterocycles. The molecule has 0 fully saturated rings. The molecule has 0 aliphatic rings. The third-order valence-corrected chi connectivity index (χ3v) is 2.01. The van der Waals surface area contributed by atoms with Gasteiger partial charge in [0.1, 0.15) is 0 Å². The van der Waals surface area contributed by atoms with Crippen molar-refractivity contribution in [2.24, 2.45) is 5.73 Å². The molecular weight excluding hydrogens is 220 g/mol. The van der Waals surface area contributed by atoms with Gasteiger partial charge in [0.05, 0.1) is 0 Å². The fourth-order valence-electron chi connectivity index (χ4n) is 1.20. The van der Waals surface area contributed by atoms with E-state index >= 15 is 0 Å². The van der Waals surface area contributed by atoms with Crippen LogP contribution in [-0.2, 0) is 6.54 Å². The fraction of sp³-hybridized carbons (Fsp3) is 0.273. The normalized spacial score (nSPS) is 9.41. The Morgan fingerprint density at radius 3 is 2.29 bits per heavy atom. The van der Waals surface area contributed by atoms with Gasteiger partial charge in [-0.25, -0.2) is 9.59 Å². The third-order valence-electron chi connectivity index (χ3n) is 2.01. The molecule has 0 saturated heterocycles. The third kappa shape index (κ3) is 6.03. The van der Waals surface area contributed by atoms with Gasteiger partial charge in [-0.15, -0.1) is 0 Å². The fourth-order valence-corrected chi connectivity index (χ4v) is 1.20. The van der Waals surface area contributed by atoms with Gasteiger partial charge in [0.2, 0.25) is 0 Å². The van der Waals surface area contributed by atoms with Crippen molar-refractivity contribution in [1.82, 2.24) is 16.0 Å². The van der Waals surface area contributed by atoms with Crippen LogP contribution in [0.1, 0.15) is 5.56 Å². The molecule has 0 bridgehead atoms. The second-order valence-corrected chi connectivity index (χ2v) is 3.39. The van der Waals surface area contributed by atoms with Crippen molar-refractivity contribution in [1.29, 1.82) is 0 Å². The molecule has 0 aromatic heterocycles. The number of benzene rings is 1. The van der Waals surface area contributed by atoms with E-state index in [9.17, 15) is 9.59 Å². The summed E-state index contributed by atoms with van der Waals surface area (Å²) in [6.07, 6.45) is 0. The maximum absolute atomic E-state index is 11.3. The largest absolute Gasteiger partial charge is 0.352 e. The van der Waals surface area contributed by atoms with Gasteiger partial charge in [-0.3, -0.25) is 0 Å². The number of nitrogens with two attached hydrogens (primary N) is 1. The minimum absolute atomic E-state index is 0.278. The van der Waals surface area contributed by atoms with Crippen LogP contribution in [0.2, 0.25) is 0 Å². The standard InChI is InChI=1S/C11H16N4O2/c12-10(16)13-6-7-14-11(17)15-8-9-4-2-1-3-5-9/h1-5H,6-8H2,(H3,12,13,16)(H2,14,15,17). The van der Waals surface area contributed by atoms with Crippen molar-refractivity contribution in [3.63, 3.8) is 0 Å². The molecular formula is C11H16N4O2. The molecule has 17 heavy (non-hydrogen) atoms. The molecule has 92 valence electrons. The molecule has 1 rings (SSSR count). The molecule has 0 spiro atoms. The van der Waals surface area contributed by atoms with Crippen molar-refractivity contribution in [2.45, 2.75) is 6.54 Å². The number of carbonyl (C=O) groups is 2. The predicted molar refractivity (Wildman–Crippen MR) is 64.3 cm³/mol. The first kappa shape index (κ1) is 12.8. The lowest BCUT2D eigenvalue weighted by atomic mass is 10.2. The Labute approximate surface area is 99.6 Å². The molecule has 6 nitrogen and oxygen atoms in total. The summed E-state index contributed by atoms with van der Waals surface area (Å²) >= 11 is 0. The molecule has 0 unspecified atom stereocenters. The van der Waals surface area contributed by atoms with Crippen molar-refractivity contribution in [3.8, 4) is 0 Å². The molecule has 6 heteroatoms. The summed E-state index contributed by atoms with van der Waals surface area (Å²) in [5.41, 5.74) is 5.89. The van der Waals surface area contributed by atoms with Gasteiger partial charge in [-0.05, 0) is 5.56 Å². The lowest BCUT2D eigenvalue weighted by molar-refractivity contribution is 0.239. The number of nitrogens with one attached hydrogen (secondary N) is 3. The SMILES string of the molecule is NC(=O)NCCNC(=O)NCc1ccccc1. The number of primary amides is 1. The van der Waals surface area contributed by atoms with Gasteiger partial charge in [0, 0.05) is 19.6 Å². The van der Waals surface area contributed by atoms with Crippen molar-refractivity contribution >= 4 is 12.1 Å². The summed E-state index contributed by atoms with van der Waals surface area (Å²) in [6.45, 7) is 1.12. The zero-order valence-electron chi connectivity index (χ0n) is 9.40. The Balaban J connectivity index is 2.11. The van der Waals surface area contributed by atoms with Gasteiger partial charge < -0.3 is 21.7 Å². The number of urea groups is 2. The molecule has 4 amide bonds. The first-order chi connectivity index (χ1) is 8.18. The molecule has 0 radical (unpaired) electrons. The van der Waals surface area contributed by atoms with Gasteiger partial charge >= 0.3 is 12.1 Å². The number of hydrogen-bond donors (Lipinski definition) is 4. The van der Waals surface area contributed by atoms with Crippen LogP contribution in [0.3, 0.4) is 0 Å². The van der Waals surface area contributed by atoms with E-state index in [1.165, 1.54) is 0 Å². The second-order valence-electron chi connectivity index (χ2n) is 3.39. The molecule has 0 aliphatic heterocycles. The van der Waals surface area contributed by atoms with Crippen molar-refractivity contribution < 1.29 is 9.59 Å². The molecule has 1 aromatic rings. The highest BCUT2D eigenvalue weighted by Crippen LogP contribution is 1.96. The Hall–Kier alpha value is -2.24. The quantitative estimate of drug-likeness (QED) is 0.548. The van der Waals surface area contributed by atoms with Crippen LogP contribution in [0.15, 0.2) is 30.3 Å². The van der Waals surface area contributed by atoms with Crippen molar-refractivity contribution in [2.75, 3.05) is 13.1 Å². The minimum atomic E-state index is -0.600. The summed E-state index contributed by atoms with van der Waals surface area (Å²) < 4.78 is 0. The average Bonchev–Trinajstić information content (AvgIpc) is 2.33. The summed E-state index contributed by atoms with van der Waals surface area (Å²) in [5.74, 6) is 0. The predicted octanol–water partition coefficient (Wildman–Crippen LogP) is 0.154. The number of carbonyl (C=O) groups excluding carboxylic acids is 2. The van der Waals surface area contributed by atoms with Crippen LogP contribution in [0.25, 0.3) is 0 Å². The van der Waals surface area contributed by atoms with Crippen LogP contribution in [0.5, 0.6) is 0 Å². The van der Waals surface area contributed by atoms with E-state index in [4.69, 9.17) is 5.73 Å². The summed E-state index contributed by atoms with van der Waals surface area (Å²) in [4.78, 5) is 21.6. The van der Waals surface area contributed by atoms with Gasteiger partial charge in [-0.1, -0.05) is 30.3 Å². The lowest BCUT2D eigenvalue weighted by Gasteiger charge is -2.07. The Morgan fingerprint density at radius 2 is 1.65 bits per heavy atom. The number of hydrogen-bond acceptors (Lipinski definition) is 2. The lowest BCUT2D eigenvalue weighted by Crippen LogP contribution is -2.41. The van der Waals surface area contributed by atoms with E-state index in [1.807, 2.05) is 30.3 Å². The summed E-state index contributed by atoms with van der Waals surface area (Å²) in [6, 6.07) is 8.71. The smallest absolute Gasteiger partial charge is 0.315 e. The van der Waals surface area contributed by atoms with Crippen LogP contribution in [0.4, 0.5) is 9.59 Å². The summed E-state index contributed by atoms with van der Waals surface area (Å²) in [5, 5.41) is 7.65. The highest BCUT2D eigenvalue weighted by Gasteiger charge is 1.99. The highest BCUT2D eigenvalue weighted by atomic mass is 16.2. The van der Waals surface area contributed by atoms with Crippen LogP contribution in [-0.4, -0.2) is 25.2 Å². The monoisotopic (exact) mass is 236 g/mol. The second kappa shape index (κ2) is 7.10. The zero-order valence-corrected chi connectivity index (χ0v) is 9.40. The maximum atomic E-state index is 11.3. The minimum Gasteiger partial charge on any atom is -0.352 e. The van der Waals surface area contributed by atoms with Crippen LogP contribution >= 0.6 is 0 Å². The van der Waals surface area contributed by atoms with Crippen LogP contribution in [0, 0.1) is 0 Å². The van der Waals surface area contributed by atoms with E-state index < -0.39 is 6.03 Å². The highest BCUT2D eigenvalue weighted by molar-refractivity contribution is 5.74. The van der Waals surface area contributed by atoms with Crippen LogP contribution < -0.4 is 21.7 Å². The van der Waals surface area contributed by atoms with Gasteiger partial charge in [-0.2, -0.15) is 0 Å². The Morgan fingerprint density at radius 1 is 1.00 bits per heavy atom. The maximum Gasteiger partial charge on any atom is 0.315 e. The van der Waals surface area contributed by atoms with Gasteiger partial charge in [0.25, 0.3) is 0 Å². The van der Waals surface area contributed by atoms with E-state index in [0.29, 0.717) is 19.6 Å². The summed E-state index contributed by atoms with van der Waals surface area (Å²) in [7, 11) is 0. The molecule has 0 atom stereocenters. The molecule has 5 N–H and O–H groups in total. The van der Waals surface area contributed by atoms with E-state index in [2.05, 4.69) is 16.0 Å². The Kier molecular flexibility index (Phi) is 5.36.